The highest BCUT2D eigenvalue weighted by atomic mass is 32.2. The summed E-state index contributed by atoms with van der Waals surface area (Å²) in [6.07, 6.45) is 3.49. The Balaban J connectivity index is 2.05. The summed E-state index contributed by atoms with van der Waals surface area (Å²) >= 11 is 0. The molecule has 1 aromatic carbocycles. The second kappa shape index (κ2) is 6.37. The summed E-state index contributed by atoms with van der Waals surface area (Å²) in [6.45, 7) is 5.27. The van der Waals surface area contributed by atoms with Gasteiger partial charge in [0.15, 0.2) is 0 Å². The Hall–Kier alpha value is -1.40. The maximum absolute atomic E-state index is 12.4. The number of aliphatic imine (C=N–C) groups is 1. The van der Waals surface area contributed by atoms with Crippen LogP contribution >= 0.6 is 0 Å². The molecule has 2 rings (SSSR count). The summed E-state index contributed by atoms with van der Waals surface area (Å²) in [6, 6.07) is 7.26. The highest BCUT2D eigenvalue weighted by molar-refractivity contribution is 7.89. The van der Waals surface area contributed by atoms with Gasteiger partial charge in [-0.1, -0.05) is 26.0 Å². The van der Waals surface area contributed by atoms with Gasteiger partial charge in [-0.25, -0.2) is 13.4 Å². The summed E-state index contributed by atoms with van der Waals surface area (Å²) in [5.41, 5.74) is 0.511. The lowest BCUT2D eigenvalue weighted by Gasteiger charge is -2.25. The minimum absolute atomic E-state index is 0.282. The van der Waals surface area contributed by atoms with Crippen molar-refractivity contribution in [2.45, 2.75) is 37.6 Å². The average Bonchev–Trinajstić information content (AvgIpc) is 2.46. The SMILES string of the molecule is CCC(CC)NCCN1C=Nc2ccccc2S1(=O)=O. The Morgan fingerprint density at radius 1 is 1.25 bits per heavy atom. The van der Waals surface area contributed by atoms with Gasteiger partial charge in [0.25, 0.3) is 10.0 Å². The molecule has 110 valence electrons. The van der Waals surface area contributed by atoms with Crippen LogP contribution in [0.25, 0.3) is 0 Å². The van der Waals surface area contributed by atoms with E-state index in [1.807, 2.05) is 0 Å². The third-order valence-electron chi connectivity index (χ3n) is 3.53. The van der Waals surface area contributed by atoms with Gasteiger partial charge in [0.1, 0.15) is 11.2 Å². The normalized spacial score (nSPS) is 16.4. The molecule has 0 saturated heterocycles. The Kier molecular flexibility index (Phi) is 4.77. The summed E-state index contributed by atoms with van der Waals surface area (Å²) < 4.78 is 26.2. The number of nitrogens with zero attached hydrogens (tertiary/aromatic N) is 2. The first kappa shape index (κ1) is 15.0. The molecule has 0 spiro atoms. The molecule has 0 aromatic heterocycles. The molecule has 0 bridgehead atoms. The molecule has 1 aliphatic rings. The Labute approximate surface area is 120 Å². The number of para-hydroxylation sites is 1. The molecular formula is C14H21N3O2S. The second-order valence-corrected chi connectivity index (χ2v) is 6.65. The fourth-order valence-corrected chi connectivity index (χ4v) is 3.62. The number of rotatable bonds is 6. The molecule has 0 amide bonds. The minimum Gasteiger partial charge on any atom is -0.312 e. The predicted molar refractivity (Wildman–Crippen MR) is 80.9 cm³/mol. The maximum Gasteiger partial charge on any atom is 0.267 e. The van der Waals surface area contributed by atoms with Crippen LogP contribution in [0.1, 0.15) is 26.7 Å². The second-order valence-electron chi connectivity index (χ2n) is 4.80. The first-order valence-corrected chi connectivity index (χ1v) is 8.42. The summed E-state index contributed by atoms with van der Waals surface area (Å²) in [7, 11) is -3.45. The fraction of sp³-hybridized carbons (Fsp3) is 0.500. The molecule has 0 atom stereocenters. The molecular weight excluding hydrogens is 274 g/mol. The van der Waals surface area contributed by atoms with Gasteiger partial charge >= 0.3 is 0 Å². The zero-order chi connectivity index (χ0) is 14.6. The number of nitrogens with one attached hydrogen (secondary N) is 1. The van der Waals surface area contributed by atoms with E-state index in [-0.39, 0.29) is 4.90 Å². The van der Waals surface area contributed by atoms with Crippen molar-refractivity contribution >= 4 is 22.0 Å². The first-order chi connectivity index (χ1) is 9.59. The molecule has 6 heteroatoms. The van der Waals surface area contributed by atoms with Gasteiger partial charge in [-0.15, -0.1) is 0 Å². The molecule has 1 aliphatic heterocycles. The molecule has 0 radical (unpaired) electrons. The molecule has 0 unspecified atom stereocenters. The number of benzene rings is 1. The molecule has 1 heterocycles. The molecule has 5 nitrogen and oxygen atoms in total. The van der Waals surface area contributed by atoms with Crippen LogP contribution in [-0.2, 0) is 10.0 Å². The number of sulfonamides is 1. The topological polar surface area (TPSA) is 61.8 Å². The van der Waals surface area contributed by atoms with Crippen molar-refractivity contribution in [2.75, 3.05) is 13.1 Å². The molecule has 1 aromatic rings. The van der Waals surface area contributed by atoms with Gasteiger partial charge in [-0.05, 0) is 25.0 Å². The summed E-state index contributed by atoms with van der Waals surface area (Å²) in [5.74, 6) is 0. The van der Waals surface area contributed by atoms with E-state index in [1.165, 1.54) is 10.6 Å². The van der Waals surface area contributed by atoms with Gasteiger partial charge in [0.2, 0.25) is 0 Å². The van der Waals surface area contributed by atoms with Crippen molar-refractivity contribution in [2.24, 2.45) is 4.99 Å². The lowest BCUT2D eigenvalue weighted by Crippen LogP contribution is -2.40. The van der Waals surface area contributed by atoms with Crippen molar-refractivity contribution < 1.29 is 8.42 Å². The lowest BCUT2D eigenvalue weighted by molar-refractivity contribution is 0.454. The van der Waals surface area contributed by atoms with Crippen LogP contribution in [0.2, 0.25) is 0 Å². The lowest BCUT2D eigenvalue weighted by atomic mass is 10.2. The van der Waals surface area contributed by atoms with E-state index in [0.717, 1.165) is 12.8 Å². The van der Waals surface area contributed by atoms with Crippen LogP contribution < -0.4 is 5.32 Å². The van der Waals surface area contributed by atoms with Gasteiger partial charge in [-0.3, -0.25) is 4.31 Å². The van der Waals surface area contributed by atoms with Crippen molar-refractivity contribution in [3.8, 4) is 0 Å². The Bertz CT molecular complexity index is 580. The zero-order valence-corrected chi connectivity index (χ0v) is 12.7. The van der Waals surface area contributed by atoms with Crippen LogP contribution in [0.5, 0.6) is 0 Å². The van der Waals surface area contributed by atoms with Gasteiger partial charge in [0, 0.05) is 19.1 Å². The van der Waals surface area contributed by atoms with Gasteiger partial charge < -0.3 is 5.32 Å². The van der Waals surface area contributed by atoms with Crippen molar-refractivity contribution in [3.05, 3.63) is 24.3 Å². The van der Waals surface area contributed by atoms with E-state index in [2.05, 4.69) is 24.2 Å². The predicted octanol–water partition coefficient (Wildman–Crippen LogP) is 2.13. The Morgan fingerprint density at radius 2 is 1.95 bits per heavy atom. The number of fused-ring (bicyclic) bond motifs is 1. The van der Waals surface area contributed by atoms with E-state index in [1.54, 1.807) is 24.3 Å². The third kappa shape index (κ3) is 3.02. The van der Waals surface area contributed by atoms with Crippen LogP contribution in [0.4, 0.5) is 5.69 Å². The van der Waals surface area contributed by atoms with E-state index in [9.17, 15) is 8.42 Å². The monoisotopic (exact) mass is 295 g/mol. The van der Waals surface area contributed by atoms with Crippen LogP contribution in [0, 0.1) is 0 Å². The largest absolute Gasteiger partial charge is 0.312 e. The average molecular weight is 295 g/mol. The standard InChI is InChI=1S/C14H21N3O2S/c1-3-12(4-2)15-9-10-17-11-16-13-7-5-6-8-14(13)20(17,18)19/h5-8,11-12,15H,3-4,9-10H2,1-2H3. The molecule has 0 fully saturated rings. The van der Waals surface area contributed by atoms with Gasteiger partial charge in [-0.2, -0.15) is 0 Å². The quantitative estimate of drug-likeness (QED) is 0.874. The smallest absolute Gasteiger partial charge is 0.267 e. The van der Waals surface area contributed by atoms with Crippen LogP contribution in [0.15, 0.2) is 34.2 Å². The summed E-state index contributed by atoms with van der Waals surface area (Å²) in [5, 5.41) is 3.36. The fourth-order valence-electron chi connectivity index (χ4n) is 2.23. The van der Waals surface area contributed by atoms with Crippen LogP contribution in [0.3, 0.4) is 0 Å². The summed E-state index contributed by atoms with van der Waals surface area (Å²) in [4.78, 5) is 4.48. The molecule has 20 heavy (non-hydrogen) atoms. The zero-order valence-electron chi connectivity index (χ0n) is 11.9. The van der Waals surface area contributed by atoms with Crippen molar-refractivity contribution in [1.29, 1.82) is 0 Å². The molecule has 1 N–H and O–H groups in total. The van der Waals surface area contributed by atoms with E-state index >= 15 is 0 Å². The Morgan fingerprint density at radius 3 is 2.65 bits per heavy atom. The number of hydrogen-bond acceptors (Lipinski definition) is 4. The van der Waals surface area contributed by atoms with E-state index in [0.29, 0.717) is 24.8 Å². The molecule has 0 saturated carbocycles. The number of hydrogen-bond donors (Lipinski definition) is 1. The minimum atomic E-state index is -3.45. The van der Waals surface area contributed by atoms with Crippen molar-refractivity contribution in [1.82, 2.24) is 9.62 Å². The highest BCUT2D eigenvalue weighted by Crippen LogP contribution is 2.29. The van der Waals surface area contributed by atoms with E-state index in [4.69, 9.17) is 0 Å². The van der Waals surface area contributed by atoms with E-state index < -0.39 is 10.0 Å². The molecule has 0 aliphatic carbocycles. The maximum atomic E-state index is 12.4. The highest BCUT2D eigenvalue weighted by Gasteiger charge is 2.27. The van der Waals surface area contributed by atoms with Crippen LogP contribution in [-0.4, -0.2) is 38.2 Å². The third-order valence-corrected chi connectivity index (χ3v) is 5.32. The van der Waals surface area contributed by atoms with Crippen molar-refractivity contribution in [3.63, 3.8) is 0 Å². The first-order valence-electron chi connectivity index (χ1n) is 6.98. The van der Waals surface area contributed by atoms with Gasteiger partial charge in [0.05, 0.1) is 5.69 Å².